The summed E-state index contributed by atoms with van der Waals surface area (Å²) in [6.07, 6.45) is 2.51. The smallest absolute Gasteiger partial charge is 0.260 e. The highest BCUT2D eigenvalue weighted by Crippen LogP contribution is 2.29. The van der Waals surface area contributed by atoms with Crippen molar-refractivity contribution < 1.29 is 14.6 Å². The molecule has 0 spiro atoms. The van der Waals surface area contributed by atoms with E-state index in [0.29, 0.717) is 23.6 Å². The molecule has 0 atom stereocenters. The molecule has 0 saturated carbocycles. The molecule has 0 fully saturated rings. The Kier molecular flexibility index (Phi) is 4.48. The number of carbonyl (C=O) groups excluding carboxylic acids is 1. The van der Waals surface area contributed by atoms with Crippen molar-refractivity contribution in [3.8, 4) is 5.75 Å². The number of aliphatic hydroxyl groups is 1. The topological polar surface area (TPSA) is 58.6 Å². The van der Waals surface area contributed by atoms with Crippen molar-refractivity contribution in [1.82, 2.24) is 5.32 Å². The van der Waals surface area contributed by atoms with Crippen LogP contribution in [0, 0.1) is 0 Å². The molecule has 0 radical (unpaired) electrons. The molecule has 0 aromatic heterocycles. The van der Waals surface area contributed by atoms with Crippen LogP contribution in [-0.4, -0.2) is 17.6 Å². The zero-order valence-corrected chi connectivity index (χ0v) is 12.3. The van der Waals surface area contributed by atoms with Gasteiger partial charge in [0.1, 0.15) is 12.4 Å². The number of allylic oxidation sites excluding steroid dienone is 1. The summed E-state index contributed by atoms with van der Waals surface area (Å²) in [5.74, 6) is 0.319. The minimum Gasteiger partial charge on any atom is -0.505 e. The van der Waals surface area contributed by atoms with Gasteiger partial charge in [-0.3, -0.25) is 4.79 Å². The molecular weight excluding hydrogens is 266 g/mol. The van der Waals surface area contributed by atoms with Crippen LogP contribution in [0.1, 0.15) is 25.8 Å². The van der Waals surface area contributed by atoms with E-state index in [1.54, 1.807) is 30.3 Å². The molecule has 0 saturated heterocycles. The van der Waals surface area contributed by atoms with Crippen LogP contribution in [0.3, 0.4) is 0 Å². The summed E-state index contributed by atoms with van der Waals surface area (Å²) >= 11 is 0. The summed E-state index contributed by atoms with van der Waals surface area (Å²) in [5, 5.41) is 12.9. The monoisotopic (exact) mass is 285 g/mol. The average molecular weight is 285 g/mol. The SMILES string of the molecule is C=C(C)COc1cccc(C2=C(O)/C(=C/CC)NC2=O)c1. The van der Waals surface area contributed by atoms with Gasteiger partial charge in [-0.2, -0.15) is 0 Å². The molecule has 4 heteroatoms. The first-order valence-electron chi connectivity index (χ1n) is 6.85. The third-order valence-electron chi connectivity index (χ3n) is 2.98. The Morgan fingerprint density at radius 1 is 1.48 bits per heavy atom. The molecule has 110 valence electrons. The van der Waals surface area contributed by atoms with E-state index in [9.17, 15) is 9.90 Å². The third kappa shape index (κ3) is 3.34. The summed E-state index contributed by atoms with van der Waals surface area (Å²) in [6, 6.07) is 7.11. The lowest BCUT2D eigenvalue weighted by Crippen LogP contribution is -2.16. The molecule has 2 rings (SSSR count). The highest BCUT2D eigenvalue weighted by Gasteiger charge is 2.28. The van der Waals surface area contributed by atoms with Gasteiger partial charge in [-0.15, -0.1) is 0 Å². The number of rotatable bonds is 5. The van der Waals surface area contributed by atoms with E-state index in [0.717, 1.165) is 12.0 Å². The van der Waals surface area contributed by atoms with E-state index in [2.05, 4.69) is 11.9 Å². The normalized spacial score (nSPS) is 16.3. The minimum absolute atomic E-state index is 0.0149. The predicted molar refractivity (Wildman–Crippen MR) is 82.8 cm³/mol. The lowest BCUT2D eigenvalue weighted by atomic mass is 10.0. The molecule has 1 heterocycles. The van der Waals surface area contributed by atoms with Gasteiger partial charge in [0, 0.05) is 0 Å². The molecule has 0 bridgehead atoms. The van der Waals surface area contributed by atoms with Crippen LogP contribution in [0.5, 0.6) is 5.75 Å². The van der Waals surface area contributed by atoms with Gasteiger partial charge in [-0.05, 0) is 36.6 Å². The fraction of sp³-hybridized carbons (Fsp3) is 0.235. The van der Waals surface area contributed by atoms with Gasteiger partial charge in [0.05, 0.1) is 11.3 Å². The van der Waals surface area contributed by atoms with Crippen LogP contribution in [-0.2, 0) is 4.79 Å². The number of ether oxygens (including phenoxy) is 1. The Balaban J connectivity index is 2.33. The van der Waals surface area contributed by atoms with Crippen LogP contribution in [0.25, 0.3) is 5.57 Å². The molecule has 2 N–H and O–H groups in total. The van der Waals surface area contributed by atoms with E-state index in [-0.39, 0.29) is 17.2 Å². The molecule has 4 nitrogen and oxygen atoms in total. The lowest BCUT2D eigenvalue weighted by Gasteiger charge is -2.07. The van der Waals surface area contributed by atoms with Crippen molar-refractivity contribution in [2.45, 2.75) is 20.3 Å². The zero-order valence-electron chi connectivity index (χ0n) is 12.3. The Labute approximate surface area is 124 Å². The second-order valence-corrected chi connectivity index (χ2v) is 4.98. The van der Waals surface area contributed by atoms with Gasteiger partial charge in [-0.25, -0.2) is 0 Å². The van der Waals surface area contributed by atoms with E-state index >= 15 is 0 Å². The summed E-state index contributed by atoms with van der Waals surface area (Å²) in [5.41, 5.74) is 2.28. The summed E-state index contributed by atoms with van der Waals surface area (Å²) in [7, 11) is 0. The van der Waals surface area contributed by atoms with Gasteiger partial charge in [0.2, 0.25) is 0 Å². The van der Waals surface area contributed by atoms with Crippen molar-refractivity contribution in [3.63, 3.8) is 0 Å². The predicted octanol–water partition coefficient (Wildman–Crippen LogP) is 3.33. The van der Waals surface area contributed by atoms with Crippen molar-refractivity contribution in [2.24, 2.45) is 0 Å². The second kappa shape index (κ2) is 6.31. The average Bonchev–Trinajstić information content (AvgIpc) is 2.72. The highest BCUT2D eigenvalue weighted by atomic mass is 16.5. The molecule has 1 amide bonds. The third-order valence-corrected chi connectivity index (χ3v) is 2.98. The molecule has 1 aliphatic heterocycles. The maximum atomic E-state index is 12.0. The first-order valence-corrected chi connectivity index (χ1v) is 6.85. The maximum absolute atomic E-state index is 12.0. The van der Waals surface area contributed by atoms with Crippen molar-refractivity contribution in [3.05, 3.63) is 59.5 Å². The Bertz CT molecular complexity index is 641. The van der Waals surface area contributed by atoms with Gasteiger partial charge >= 0.3 is 0 Å². The van der Waals surface area contributed by atoms with Gasteiger partial charge < -0.3 is 15.2 Å². The Morgan fingerprint density at radius 2 is 2.24 bits per heavy atom. The van der Waals surface area contributed by atoms with Crippen molar-refractivity contribution >= 4 is 11.5 Å². The summed E-state index contributed by atoms with van der Waals surface area (Å²) in [4.78, 5) is 12.0. The molecule has 21 heavy (non-hydrogen) atoms. The molecule has 0 aliphatic carbocycles. The van der Waals surface area contributed by atoms with E-state index < -0.39 is 0 Å². The fourth-order valence-corrected chi connectivity index (χ4v) is 2.05. The first kappa shape index (κ1) is 14.9. The number of carbonyl (C=O) groups is 1. The molecule has 1 aliphatic rings. The molecule has 1 aromatic carbocycles. The van der Waals surface area contributed by atoms with Gasteiger partial charge in [0.25, 0.3) is 5.91 Å². The number of benzene rings is 1. The molecule has 1 aromatic rings. The van der Waals surface area contributed by atoms with Gasteiger partial charge in [0.15, 0.2) is 5.76 Å². The molecular formula is C17H19NO3. The minimum atomic E-state index is -0.302. The van der Waals surface area contributed by atoms with Crippen LogP contribution in [0.2, 0.25) is 0 Å². The van der Waals surface area contributed by atoms with Gasteiger partial charge in [-0.1, -0.05) is 31.7 Å². The number of hydrogen-bond donors (Lipinski definition) is 2. The molecule has 0 unspecified atom stereocenters. The van der Waals surface area contributed by atoms with Crippen LogP contribution < -0.4 is 10.1 Å². The Morgan fingerprint density at radius 3 is 2.90 bits per heavy atom. The zero-order chi connectivity index (χ0) is 15.4. The van der Waals surface area contributed by atoms with Crippen molar-refractivity contribution in [1.29, 1.82) is 0 Å². The quantitative estimate of drug-likeness (QED) is 0.816. The second-order valence-electron chi connectivity index (χ2n) is 4.98. The van der Waals surface area contributed by atoms with Crippen LogP contribution in [0.4, 0.5) is 0 Å². The lowest BCUT2D eigenvalue weighted by molar-refractivity contribution is -0.114. The number of aliphatic hydroxyl groups excluding tert-OH is 1. The number of hydrogen-bond acceptors (Lipinski definition) is 3. The van der Waals surface area contributed by atoms with E-state index in [4.69, 9.17) is 4.74 Å². The van der Waals surface area contributed by atoms with Crippen molar-refractivity contribution in [2.75, 3.05) is 6.61 Å². The number of nitrogens with one attached hydrogen (secondary N) is 1. The van der Waals surface area contributed by atoms with Crippen LogP contribution in [0.15, 0.2) is 53.9 Å². The summed E-state index contributed by atoms with van der Waals surface area (Å²) < 4.78 is 5.56. The van der Waals surface area contributed by atoms with E-state index in [1.807, 2.05) is 13.8 Å². The number of amides is 1. The van der Waals surface area contributed by atoms with Crippen LogP contribution >= 0.6 is 0 Å². The fourth-order valence-electron chi connectivity index (χ4n) is 2.05. The maximum Gasteiger partial charge on any atom is 0.260 e. The first-order chi connectivity index (χ1) is 10.0. The van der Waals surface area contributed by atoms with E-state index in [1.165, 1.54) is 0 Å². The highest BCUT2D eigenvalue weighted by molar-refractivity contribution is 6.24. The largest absolute Gasteiger partial charge is 0.505 e. The Hall–Kier alpha value is -2.49. The standard InChI is InChI=1S/C17H19NO3/c1-4-6-14-16(19)15(17(20)18-14)12-7-5-8-13(9-12)21-10-11(2)3/h5-9,19H,2,4,10H2,1,3H3,(H,18,20)/b14-6-. The summed E-state index contributed by atoms with van der Waals surface area (Å²) in [6.45, 7) is 8.02.